The van der Waals surface area contributed by atoms with E-state index in [1.807, 2.05) is 31.2 Å². The van der Waals surface area contributed by atoms with Crippen LogP contribution in [0.1, 0.15) is 11.3 Å². The first-order chi connectivity index (χ1) is 8.25. The van der Waals surface area contributed by atoms with Crippen molar-refractivity contribution in [3.8, 4) is 0 Å². The summed E-state index contributed by atoms with van der Waals surface area (Å²) in [6, 6.07) is 7.76. The number of fused-ring (bicyclic) bond motifs is 1. The van der Waals surface area contributed by atoms with Crippen molar-refractivity contribution in [1.29, 1.82) is 0 Å². The number of hydrogen-bond donors (Lipinski definition) is 0. The predicted molar refractivity (Wildman–Crippen MR) is 64.1 cm³/mol. The molecule has 4 nitrogen and oxygen atoms in total. The molecule has 2 heterocycles. The Morgan fingerprint density at radius 1 is 1.18 bits per heavy atom. The van der Waals surface area contributed by atoms with Crippen LogP contribution in [0.5, 0.6) is 0 Å². The second-order valence-electron chi connectivity index (χ2n) is 4.05. The number of carbonyl (C=O) groups is 1. The zero-order chi connectivity index (χ0) is 11.8. The number of aryl methyl sites for hydroxylation is 1. The minimum Gasteiger partial charge on any atom is -0.274 e. The molecule has 3 rings (SSSR count). The summed E-state index contributed by atoms with van der Waals surface area (Å²) < 4.78 is 0. The fraction of sp³-hybridized carbons (Fsp3) is 0.154. The highest BCUT2D eigenvalue weighted by atomic mass is 16.2. The van der Waals surface area contributed by atoms with Crippen molar-refractivity contribution in [2.75, 3.05) is 4.90 Å². The monoisotopic (exact) mass is 225 g/mol. The summed E-state index contributed by atoms with van der Waals surface area (Å²) in [4.78, 5) is 22.0. The molecule has 17 heavy (non-hydrogen) atoms. The molecule has 1 aromatic carbocycles. The van der Waals surface area contributed by atoms with Gasteiger partial charge in [0.15, 0.2) is 5.82 Å². The molecule has 0 spiro atoms. The highest BCUT2D eigenvalue weighted by Gasteiger charge is 2.28. The lowest BCUT2D eigenvalue weighted by atomic mass is 10.2. The van der Waals surface area contributed by atoms with Gasteiger partial charge in [-0.05, 0) is 18.6 Å². The van der Waals surface area contributed by atoms with Gasteiger partial charge in [-0.1, -0.05) is 18.2 Å². The molecule has 0 saturated heterocycles. The molecule has 0 saturated carbocycles. The lowest BCUT2D eigenvalue weighted by molar-refractivity contribution is -0.116. The molecule has 1 aliphatic rings. The molecule has 84 valence electrons. The lowest BCUT2D eigenvalue weighted by Crippen LogP contribution is -2.22. The molecule has 1 aliphatic heterocycles. The third kappa shape index (κ3) is 1.58. The smallest absolute Gasteiger partial charge is 0.237 e. The fourth-order valence-electron chi connectivity index (χ4n) is 2.01. The molecule has 0 radical (unpaired) electrons. The Balaban J connectivity index is 2.09. The summed E-state index contributed by atoms with van der Waals surface area (Å²) in [5.41, 5.74) is 2.80. The van der Waals surface area contributed by atoms with E-state index < -0.39 is 0 Å². The van der Waals surface area contributed by atoms with E-state index in [9.17, 15) is 4.79 Å². The summed E-state index contributed by atoms with van der Waals surface area (Å²) in [6.07, 6.45) is 3.74. The summed E-state index contributed by atoms with van der Waals surface area (Å²) >= 11 is 0. The van der Waals surface area contributed by atoms with Gasteiger partial charge in [-0.2, -0.15) is 0 Å². The Labute approximate surface area is 98.9 Å². The Bertz CT molecular complexity index is 577. The van der Waals surface area contributed by atoms with Crippen LogP contribution >= 0.6 is 0 Å². The highest BCUT2D eigenvalue weighted by Crippen LogP contribution is 2.33. The lowest BCUT2D eigenvalue weighted by Gasteiger charge is -2.15. The average molecular weight is 225 g/mol. The predicted octanol–water partition coefficient (Wildman–Crippen LogP) is 2.01. The highest BCUT2D eigenvalue weighted by molar-refractivity contribution is 6.06. The van der Waals surface area contributed by atoms with E-state index in [1.165, 1.54) is 0 Å². The van der Waals surface area contributed by atoms with Crippen LogP contribution < -0.4 is 4.90 Å². The number of benzene rings is 1. The molecule has 2 aromatic rings. The molecule has 0 atom stereocenters. The van der Waals surface area contributed by atoms with Gasteiger partial charge in [-0.3, -0.25) is 14.7 Å². The molecular weight excluding hydrogens is 214 g/mol. The third-order valence-electron chi connectivity index (χ3n) is 2.82. The van der Waals surface area contributed by atoms with Crippen molar-refractivity contribution in [2.24, 2.45) is 0 Å². The number of carbonyl (C=O) groups excluding carboxylic acids is 1. The first kappa shape index (κ1) is 9.96. The maximum absolute atomic E-state index is 12.0. The standard InChI is InChI=1S/C13H11N3O/c1-9-7-15-12(8-14-9)16-11-5-3-2-4-10(11)6-13(16)17/h2-5,7-8H,6H2,1H3. The number of hydrogen-bond acceptors (Lipinski definition) is 3. The van der Waals surface area contributed by atoms with E-state index in [1.54, 1.807) is 17.3 Å². The summed E-state index contributed by atoms with van der Waals surface area (Å²) in [5, 5.41) is 0. The van der Waals surface area contributed by atoms with Gasteiger partial charge < -0.3 is 0 Å². The van der Waals surface area contributed by atoms with E-state index in [4.69, 9.17) is 0 Å². The fourth-order valence-corrected chi connectivity index (χ4v) is 2.01. The number of para-hydroxylation sites is 1. The van der Waals surface area contributed by atoms with Crippen LogP contribution in [0.4, 0.5) is 11.5 Å². The molecule has 0 unspecified atom stereocenters. The molecule has 0 fully saturated rings. The van der Waals surface area contributed by atoms with Gasteiger partial charge in [0.2, 0.25) is 5.91 Å². The molecular formula is C13H11N3O. The van der Waals surface area contributed by atoms with Crippen molar-refractivity contribution in [2.45, 2.75) is 13.3 Å². The summed E-state index contributed by atoms with van der Waals surface area (Å²) in [5.74, 6) is 0.634. The first-order valence-corrected chi connectivity index (χ1v) is 5.45. The number of rotatable bonds is 1. The van der Waals surface area contributed by atoms with Crippen LogP contribution in [0.3, 0.4) is 0 Å². The molecule has 0 aliphatic carbocycles. The van der Waals surface area contributed by atoms with E-state index in [-0.39, 0.29) is 5.91 Å². The van der Waals surface area contributed by atoms with Crippen molar-refractivity contribution < 1.29 is 4.79 Å². The Morgan fingerprint density at radius 3 is 2.76 bits per heavy atom. The van der Waals surface area contributed by atoms with Crippen LogP contribution in [-0.4, -0.2) is 15.9 Å². The van der Waals surface area contributed by atoms with Gasteiger partial charge in [-0.15, -0.1) is 0 Å². The number of amides is 1. The van der Waals surface area contributed by atoms with E-state index >= 15 is 0 Å². The largest absolute Gasteiger partial charge is 0.274 e. The van der Waals surface area contributed by atoms with Crippen LogP contribution in [0.15, 0.2) is 36.7 Å². The molecule has 1 amide bonds. The van der Waals surface area contributed by atoms with E-state index in [0.29, 0.717) is 12.2 Å². The minimum atomic E-state index is 0.0457. The van der Waals surface area contributed by atoms with Crippen LogP contribution in [0.2, 0.25) is 0 Å². The van der Waals surface area contributed by atoms with Gasteiger partial charge in [0.1, 0.15) is 0 Å². The van der Waals surface area contributed by atoms with Crippen molar-refractivity contribution >= 4 is 17.4 Å². The molecule has 4 heteroatoms. The summed E-state index contributed by atoms with van der Waals surface area (Å²) in [6.45, 7) is 1.87. The number of aromatic nitrogens is 2. The van der Waals surface area contributed by atoms with Crippen LogP contribution in [-0.2, 0) is 11.2 Å². The van der Waals surface area contributed by atoms with Crippen molar-refractivity contribution in [3.05, 3.63) is 47.9 Å². The quantitative estimate of drug-likeness (QED) is 0.745. The SMILES string of the molecule is Cc1cnc(N2C(=O)Cc3ccccc32)cn1. The number of nitrogens with zero attached hydrogens (tertiary/aromatic N) is 3. The molecule has 1 aromatic heterocycles. The van der Waals surface area contributed by atoms with Gasteiger partial charge >= 0.3 is 0 Å². The van der Waals surface area contributed by atoms with E-state index in [0.717, 1.165) is 16.9 Å². The van der Waals surface area contributed by atoms with Gasteiger partial charge in [-0.25, -0.2) is 4.98 Å². The Morgan fingerprint density at radius 2 is 2.00 bits per heavy atom. The molecule has 0 bridgehead atoms. The van der Waals surface area contributed by atoms with Crippen molar-refractivity contribution in [3.63, 3.8) is 0 Å². The first-order valence-electron chi connectivity index (χ1n) is 5.45. The Kier molecular flexibility index (Phi) is 2.14. The Hall–Kier alpha value is -2.23. The van der Waals surface area contributed by atoms with Gasteiger partial charge in [0.05, 0.1) is 30.2 Å². The van der Waals surface area contributed by atoms with Crippen LogP contribution in [0, 0.1) is 6.92 Å². The number of anilines is 2. The van der Waals surface area contributed by atoms with Gasteiger partial charge in [0.25, 0.3) is 0 Å². The topological polar surface area (TPSA) is 46.1 Å². The normalized spacial score (nSPS) is 13.9. The van der Waals surface area contributed by atoms with Crippen LogP contribution in [0.25, 0.3) is 0 Å². The zero-order valence-electron chi connectivity index (χ0n) is 9.42. The second kappa shape index (κ2) is 3.66. The maximum atomic E-state index is 12.0. The van der Waals surface area contributed by atoms with Crippen molar-refractivity contribution in [1.82, 2.24) is 9.97 Å². The zero-order valence-corrected chi connectivity index (χ0v) is 9.42. The van der Waals surface area contributed by atoms with Gasteiger partial charge in [0, 0.05) is 0 Å². The van der Waals surface area contributed by atoms with E-state index in [2.05, 4.69) is 9.97 Å². The second-order valence-corrected chi connectivity index (χ2v) is 4.05. The maximum Gasteiger partial charge on any atom is 0.237 e. The summed E-state index contributed by atoms with van der Waals surface area (Å²) in [7, 11) is 0. The third-order valence-corrected chi connectivity index (χ3v) is 2.82. The minimum absolute atomic E-state index is 0.0457. The molecule has 0 N–H and O–H groups in total. The average Bonchev–Trinajstić information content (AvgIpc) is 2.66.